The summed E-state index contributed by atoms with van der Waals surface area (Å²) in [6, 6.07) is 4.04. The minimum Gasteiger partial charge on any atom is -0.485 e. The van der Waals surface area contributed by atoms with Crippen LogP contribution in [0.3, 0.4) is 0 Å². The van der Waals surface area contributed by atoms with Crippen LogP contribution in [0.5, 0.6) is 5.75 Å². The topological polar surface area (TPSA) is 60.2 Å². The van der Waals surface area contributed by atoms with Crippen LogP contribution in [0.25, 0.3) is 0 Å². The second-order valence-corrected chi connectivity index (χ2v) is 4.00. The number of nitrogens with zero attached hydrogens (tertiary/aromatic N) is 3. The van der Waals surface area contributed by atoms with Crippen molar-refractivity contribution in [3.8, 4) is 5.75 Å². The van der Waals surface area contributed by atoms with Gasteiger partial charge in [-0.2, -0.15) is 0 Å². The first-order valence-electron chi connectivity index (χ1n) is 5.51. The standard InChI is InChI=1S/C12H14FN3O2/c1-8(17)10-5-9(13)3-4-11(10)18-6-12-15-14-7-16(12)2/h3-5,7-8,17H,6H2,1-2H3/t8-/m1/s1. The number of rotatable bonds is 4. The van der Waals surface area contributed by atoms with Crippen molar-refractivity contribution >= 4 is 0 Å². The second-order valence-electron chi connectivity index (χ2n) is 4.00. The van der Waals surface area contributed by atoms with Crippen molar-refractivity contribution < 1.29 is 14.2 Å². The van der Waals surface area contributed by atoms with E-state index in [4.69, 9.17) is 4.74 Å². The Morgan fingerprint density at radius 3 is 2.89 bits per heavy atom. The number of benzene rings is 1. The molecule has 2 rings (SSSR count). The molecular weight excluding hydrogens is 237 g/mol. The van der Waals surface area contributed by atoms with Gasteiger partial charge < -0.3 is 14.4 Å². The zero-order valence-corrected chi connectivity index (χ0v) is 10.2. The number of halogens is 1. The monoisotopic (exact) mass is 251 g/mol. The predicted octanol–water partition coefficient (Wildman–Crippen LogP) is 1.59. The molecule has 1 N–H and O–H groups in total. The van der Waals surface area contributed by atoms with Gasteiger partial charge in [-0.1, -0.05) is 0 Å². The summed E-state index contributed by atoms with van der Waals surface area (Å²) in [5.74, 6) is 0.683. The number of hydrogen-bond donors (Lipinski definition) is 1. The van der Waals surface area contributed by atoms with E-state index >= 15 is 0 Å². The van der Waals surface area contributed by atoms with Gasteiger partial charge in [-0.3, -0.25) is 0 Å². The first kappa shape index (κ1) is 12.5. The molecule has 5 nitrogen and oxygen atoms in total. The van der Waals surface area contributed by atoms with Crippen molar-refractivity contribution in [3.05, 3.63) is 41.7 Å². The summed E-state index contributed by atoms with van der Waals surface area (Å²) in [7, 11) is 1.80. The van der Waals surface area contributed by atoms with Crippen LogP contribution < -0.4 is 4.74 Å². The van der Waals surface area contributed by atoms with Crippen molar-refractivity contribution in [1.29, 1.82) is 0 Å². The number of aryl methyl sites for hydroxylation is 1. The third kappa shape index (κ3) is 2.65. The molecule has 0 saturated carbocycles. The van der Waals surface area contributed by atoms with Crippen molar-refractivity contribution in [1.82, 2.24) is 14.8 Å². The zero-order chi connectivity index (χ0) is 13.1. The smallest absolute Gasteiger partial charge is 0.170 e. The Morgan fingerprint density at radius 1 is 1.50 bits per heavy atom. The fourth-order valence-electron chi connectivity index (χ4n) is 1.56. The van der Waals surface area contributed by atoms with E-state index < -0.39 is 11.9 Å². The maximum absolute atomic E-state index is 13.1. The highest BCUT2D eigenvalue weighted by atomic mass is 19.1. The summed E-state index contributed by atoms with van der Waals surface area (Å²) >= 11 is 0. The van der Waals surface area contributed by atoms with Crippen LogP contribution >= 0.6 is 0 Å². The minimum atomic E-state index is -0.796. The molecule has 0 bridgehead atoms. The fraction of sp³-hybridized carbons (Fsp3) is 0.333. The molecule has 0 unspecified atom stereocenters. The lowest BCUT2D eigenvalue weighted by Gasteiger charge is -2.13. The third-order valence-electron chi connectivity index (χ3n) is 2.58. The summed E-state index contributed by atoms with van der Waals surface area (Å²) < 4.78 is 20.3. The molecule has 2 aromatic rings. The maximum Gasteiger partial charge on any atom is 0.170 e. The van der Waals surface area contributed by atoms with Gasteiger partial charge in [-0.15, -0.1) is 10.2 Å². The summed E-state index contributed by atoms with van der Waals surface area (Å²) in [6.07, 6.45) is 0.772. The van der Waals surface area contributed by atoms with Gasteiger partial charge in [0.25, 0.3) is 0 Å². The van der Waals surface area contributed by atoms with Gasteiger partial charge in [0.15, 0.2) is 5.82 Å². The molecule has 1 aromatic heterocycles. The summed E-state index contributed by atoms with van der Waals surface area (Å²) in [5, 5.41) is 17.2. The number of aromatic nitrogens is 3. The lowest BCUT2D eigenvalue weighted by Crippen LogP contribution is -2.05. The molecule has 1 aromatic carbocycles. The number of aliphatic hydroxyl groups is 1. The van der Waals surface area contributed by atoms with Gasteiger partial charge in [-0.05, 0) is 25.1 Å². The van der Waals surface area contributed by atoms with E-state index in [0.29, 0.717) is 17.1 Å². The summed E-state index contributed by atoms with van der Waals surface area (Å²) in [5.41, 5.74) is 0.414. The molecule has 1 atom stereocenters. The van der Waals surface area contributed by atoms with Gasteiger partial charge in [0.2, 0.25) is 0 Å². The van der Waals surface area contributed by atoms with Gasteiger partial charge in [-0.25, -0.2) is 4.39 Å². The van der Waals surface area contributed by atoms with Crippen LogP contribution in [-0.2, 0) is 13.7 Å². The van der Waals surface area contributed by atoms with Crippen LogP contribution in [0.2, 0.25) is 0 Å². The molecule has 0 aliphatic carbocycles. The first-order valence-corrected chi connectivity index (χ1v) is 5.51. The van der Waals surface area contributed by atoms with Crippen molar-refractivity contribution in [2.45, 2.75) is 19.6 Å². The van der Waals surface area contributed by atoms with Crippen LogP contribution in [0.1, 0.15) is 24.4 Å². The molecule has 96 valence electrons. The highest BCUT2D eigenvalue weighted by molar-refractivity contribution is 5.35. The van der Waals surface area contributed by atoms with E-state index in [2.05, 4.69) is 10.2 Å². The Kier molecular flexibility index (Phi) is 3.57. The Morgan fingerprint density at radius 2 is 2.28 bits per heavy atom. The molecule has 18 heavy (non-hydrogen) atoms. The molecule has 0 spiro atoms. The SMILES string of the molecule is C[C@@H](O)c1cc(F)ccc1OCc1nncn1C. The first-order chi connectivity index (χ1) is 8.58. The molecule has 0 aliphatic heterocycles. The number of ether oxygens (including phenoxy) is 1. The van der Waals surface area contributed by atoms with Crippen LogP contribution in [0.15, 0.2) is 24.5 Å². The highest BCUT2D eigenvalue weighted by Gasteiger charge is 2.11. The molecule has 0 fully saturated rings. The van der Waals surface area contributed by atoms with Crippen LogP contribution in [-0.4, -0.2) is 19.9 Å². The van der Waals surface area contributed by atoms with Crippen molar-refractivity contribution in [2.24, 2.45) is 7.05 Å². The maximum atomic E-state index is 13.1. The Balaban J connectivity index is 2.16. The quantitative estimate of drug-likeness (QED) is 0.896. The van der Waals surface area contributed by atoms with Crippen molar-refractivity contribution in [3.63, 3.8) is 0 Å². The Hall–Kier alpha value is -1.95. The molecule has 0 radical (unpaired) electrons. The van der Waals surface area contributed by atoms with Gasteiger partial charge >= 0.3 is 0 Å². The zero-order valence-electron chi connectivity index (χ0n) is 10.2. The fourth-order valence-corrected chi connectivity index (χ4v) is 1.56. The average molecular weight is 251 g/mol. The molecule has 0 amide bonds. The molecule has 0 aliphatic rings. The summed E-state index contributed by atoms with van der Waals surface area (Å²) in [6.45, 7) is 1.77. The predicted molar refractivity (Wildman–Crippen MR) is 62.4 cm³/mol. The minimum absolute atomic E-state index is 0.210. The lowest BCUT2D eigenvalue weighted by molar-refractivity contribution is 0.188. The molecular formula is C12H14FN3O2. The molecule has 1 heterocycles. The Bertz CT molecular complexity index is 540. The van der Waals surface area contributed by atoms with Crippen LogP contribution in [0.4, 0.5) is 4.39 Å². The largest absolute Gasteiger partial charge is 0.485 e. The van der Waals surface area contributed by atoms with Gasteiger partial charge in [0.1, 0.15) is 24.5 Å². The van der Waals surface area contributed by atoms with Crippen LogP contribution in [0, 0.1) is 5.82 Å². The van der Waals surface area contributed by atoms with Gasteiger partial charge in [0.05, 0.1) is 6.10 Å². The molecule has 0 saturated heterocycles. The lowest BCUT2D eigenvalue weighted by atomic mass is 10.1. The molecule has 6 heteroatoms. The average Bonchev–Trinajstić information content (AvgIpc) is 2.73. The Labute approximate surface area is 104 Å². The van der Waals surface area contributed by atoms with Crippen molar-refractivity contribution in [2.75, 3.05) is 0 Å². The number of hydrogen-bond acceptors (Lipinski definition) is 4. The summed E-state index contributed by atoms with van der Waals surface area (Å²) in [4.78, 5) is 0. The van der Waals surface area contributed by atoms with Gasteiger partial charge in [0, 0.05) is 12.6 Å². The normalized spacial score (nSPS) is 12.4. The highest BCUT2D eigenvalue weighted by Crippen LogP contribution is 2.26. The third-order valence-corrected chi connectivity index (χ3v) is 2.58. The van der Waals surface area contributed by atoms with E-state index in [-0.39, 0.29) is 6.61 Å². The second kappa shape index (κ2) is 5.14. The van der Waals surface area contributed by atoms with E-state index in [0.717, 1.165) is 0 Å². The number of aliphatic hydroxyl groups excluding tert-OH is 1. The van der Waals surface area contributed by atoms with E-state index in [1.165, 1.54) is 18.2 Å². The van der Waals surface area contributed by atoms with E-state index in [9.17, 15) is 9.50 Å². The van der Waals surface area contributed by atoms with E-state index in [1.54, 1.807) is 24.9 Å². The van der Waals surface area contributed by atoms with E-state index in [1.807, 2.05) is 0 Å².